The minimum atomic E-state index is -0.982. The number of aromatic carboxylic acids is 1. The Labute approximate surface area is 109 Å². The first-order valence-corrected chi connectivity index (χ1v) is 5.81. The molecule has 0 saturated heterocycles. The van der Waals surface area contributed by atoms with Gasteiger partial charge in [-0.15, -0.1) is 0 Å². The third kappa shape index (κ3) is 1.85. The molecule has 0 atom stereocenters. The van der Waals surface area contributed by atoms with Gasteiger partial charge >= 0.3 is 5.97 Å². The van der Waals surface area contributed by atoms with Crippen LogP contribution in [-0.4, -0.2) is 25.8 Å². The zero-order chi connectivity index (χ0) is 13.4. The van der Waals surface area contributed by atoms with Crippen molar-refractivity contribution in [2.45, 2.75) is 6.92 Å². The van der Waals surface area contributed by atoms with E-state index in [1.54, 1.807) is 6.92 Å². The van der Waals surface area contributed by atoms with Crippen molar-refractivity contribution in [1.29, 1.82) is 0 Å². The highest BCUT2D eigenvalue weighted by Gasteiger charge is 2.14. The molecule has 2 aromatic heterocycles. The van der Waals surface area contributed by atoms with Gasteiger partial charge in [0.1, 0.15) is 5.56 Å². The van der Waals surface area contributed by atoms with Gasteiger partial charge < -0.3 is 5.11 Å². The Bertz CT molecular complexity index is 777. The van der Waals surface area contributed by atoms with Crippen LogP contribution in [0.5, 0.6) is 0 Å². The monoisotopic (exact) mass is 253 g/mol. The van der Waals surface area contributed by atoms with Gasteiger partial charge in [0, 0.05) is 5.39 Å². The van der Waals surface area contributed by atoms with Gasteiger partial charge in [0.2, 0.25) is 0 Å². The number of hydrogen-bond acceptors (Lipinski definition) is 3. The summed E-state index contributed by atoms with van der Waals surface area (Å²) in [6.07, 6.45) is 1.34. The fourth-order valence-electron chi connectivity index (χ4n) is 2.02. The van der Waals surface area contributed by atoms with E-state index < -0.39 is 5.97 Å². The number of para-hydroxylation sites is 1. The average Bonchev–Trinajstić information content (AvgIpc) is 2.80. The van der Waals surface area contributed by atoms with E-state index in [1.165, 1.54) is 10.9 Å². The van der Waals surface area contributed by atoms with Crippen molar-refractivity contribution >= 4 is 16.9 Å². The van der Waals surface area contributed by atoms with E-state index in [-0.39, 0.29) is 5.56 Å². The van der Waals surface area contributed by atoms with E-state index in [9.17, 15) is 4.79 Å². The molecule has 0 bridgehead atoms. The highest BCUT2D eigenvalue weighted by atomic mass is 16.4. The summed E-state index contributed by atoms with van der Waals surface area (Å²) in [7, 11) is 0. The number of hydrogen-bond donors (Lipinski definition) is 1. The number of rotatable bonds is 2. The Morgan fingerprint density at radius 1 is 1.21 bits per heavy atom. The molecule has 19 heavy (non-hydrogen) atoms. The molecule has 5 heteroatoms. The molecule has 2 heterocycles. The molecule has 0 fully saturated rings. The summed E-state index contributed by atoms with van der Waals surface area (Å²) in [5.41, 5.74) is 1.61. The Morgan fingerprint density at radius 3 is 2.74 bits per heavy atom. The second-order valence-corrected chi connectivity index (χ2v) is 4.22. The minimum absolute atomic E-state index is 0.190. The van der Waals surface area contributed by atoms with Gasteiger partial charge in [-0.2, -0.15) is 5.10 Å². The largest absolute Gasteiger partial charge is 0.478 e. The number of aromatic nitrogens is 3. The van der Waals surface area contributed by atoms with Crippen LogP contribution in [0.3, 0.4) is 0 Å². The van der Waals surface area contributed by atoms with Gasteiger partial charge in [0.25, 0.3) is 0 Å². The Balaban J connectivity index is 2.16. The number of pyridine rings is 1. The van der Waals surface area contributed by atoms with Crippen LogP contribution in [0.15, 0.2) is 42.6 Å². The summed E-state index contributed by atoms with van der Waals surface area (Å²) < 4.78 is 1.54. The molecular weight excluding hydrogens is 242 g/mol. The van der Waals surface area contributed by atoms with E-state index in [4.69, 9.17) is 5.11 Å². The van der Waals surface area contributed by atoms with E-state index >= 15 is 0 Å². The number of carboxylic acids is 1. The number of carbonyl (C=O) groups is 1. The molecule has 0 spiro atoms. The molecular formula is C14H11N3O2. The molecule has 1 aromatic carbocycles. The highest BCUT2D eigenvalue weighted by Crippen LogP contribution is 2.16. The van der Waals surface area contributed by atoms with Crippen molar-refractivity contribution in [2.75, 3.05) is 0 Å². The molecule has 0 aliphatic rings. The van der Waals surface area contributed by atoms with Crippen LogP contribution in [0, 0.1) is 6.92 Å². The molecule has 0 amide bonds. The first-order chi connectivity index (χ1) is 9.16. The zero-order valence-corrected chi connectivity index (χ0v) is 10.2. The second kappa shape index (κ2) is 4.20. The maximum Gasteiger partial charge on any atom is 0.339 e. The lowest BCUT2D eigenvalue weighted by Crippen LogP contribution is -2.04. The lowest BCUT2D eigenvalue weighted by Gasteiger charge is -2.05. The standard InChI is InChI=1S/C14H11N3O2/c1-9-11(14(18)19)8-15-17(9)13-7-6-10-4-2-3-5-12(10)16-13/h2-8H,1H3,(H,18,19). The van der Waals surface area contributed by atoms with Crippen molar-refractivity contribution in [3.05, 3.63) is 53.9 Å². The highest BCUT2D eigenvalue weighted by molar-refractivity contribution is 5.88. The smallest absolute Gasteiger partial charge is 0.339 e. The summed E-state index contributed by atoms with van der Waals surface area (Å²) in [5, 5.41) is 14.1. The fourth-order valence-corrected chi connectivity index (χ4v) is 2.02. The predicted octanol–water partition coefficient (Wildman–Crippen LogP) is 2.43. The Morgan fingerprint density at radius 2 is 2.00 bits per heavy atom. The quantitative estimate of drug-likeness (QED) is 0.761. The topological polar surface area (TPSA) is 68.0 Å². The van der Waals surface area contributed by atoms with Gasteiger partial charge in [-0.05, 0) is 25.1 Å². The van der Waals surface area contributed by atoms with Crippen LogP contribution < -0.4 is 0 Å². The van der Waals surface area contributed by atoms with Crippen LogP contribution in [-0.2, 0) is 0 Å². The number of fused-ring (bicyclic) bond motifs is 1. The molecule has 0 radical (unpaired) electrons. The predicted molar refractivity (Wildman–Crippen MR) is 70.6 cm³/mol. The van der Waals surface area contributed by atoms with E-state index in [2.05, 4.69) is 10.1 Å². The van der Waals surface area contributed by atoms with E-state index in [0.717, 1.165) is 10.9 Å². The third-order valence-electron chi connectivity index (χ3n) is 3.04. The van der Waals surface area contributed by atoms with E-state index in [1.807, 2.05) is 36.4 Å². The first kappa shape index (κ1) is 11.4. The summed E-state index contributed by atoms with van der Waals surface area (Å²) in [4.78, 5) is 15.5. The molecule has 0 saturated carbocycles. The molecule has 0 unspecified atom stereocenters. The molecule has 3 aromatic rings. The van der Waals surface area contributed by atoms with Gasteiger partial charge in [-0.25, -0.2) is 14.5 Å². The fraction of sp³-hybridized carbons (Fsp3) is 0.0714. The Kier molecular flexibility index (Phi) is 2.52. The van der Waals surface area contributed by atoms with Crippen LogP contribution in [0.2, 0.25) is 0 Å². The van der Waals surface area contributed by atoms with Gasteiger partial charge in [0.15, 0.2) is 5.82 Å². The van der Waals surface area contributed by atoms with Gasteiger partial charge in [-0.3, -0.25) is 0 Å². The summed E-state index contributed by atoms with van der Waals surface area (Å²) in [6, 6.07) is 11.5. The molecule has 3 rings (SSSR count). The molecule has 0 aliphatic heterocycles. The van der Waals surface area contributed by atoms with Crippen molar-refractivity contribution in [2.24, 2.45) is 0 Å². The normalized spacial score (nSPS) is 10.8. The average molecular weight is 253 g/mol. The number of nitrogens with zero attached hydrogens (tertiary/aromatic N) is 3. The SMILES string of the molecule is Cc1c(C(=O)O)cnn1-c1ccc2ccccc2n1. The first-order valence-electron chi connectivity index (χ1n) is 5.81. The maximum absolute atomic E-state index is 11.0. The number of carboxylic acid groups (broad SMARTS) is 1. The molecule has 0 aliphatic carbocycles. The molecule has 1 N–H and O–H groups in total. The van der Waals surface area contributed by atoms with Crippen molar-refractivity contribution < 1.29 is 9.90 Å². The van der Waals surface area contributed by atoms with Crippen LogP contribution >= 0.6 is 0 Å². The van der Waals surface area contributed by atoms with Crippen LogP contribution in [0.25, 0.3) is 16.7 Å². The minimum Gasteiger partial charge on any atom is -0.478 e. The van der Waals surface area contributed by atoms with Crippen LogP contribution in [0.1, 0.15) is 16.1 Å². The third-order valence-corrected chi connectivity index (χ3v) is 3.04. The molecule has 5 nitrogen and oxygen atoms in total. The van der Waals surface area contributed by atoms with E-state index in [0.29, 0.717) is 11.5 Å². The van der Waals surface area contributed by atoms with Crippen LogP contribution in [0.4, 0.5) is 0 Å². The summed E-state index contributed by atoms with van der Waals surface area (Å²) in [5.74, 6) is -0.367. The van der Waals surface area contributed by atoms with Crippen molar-refractivity contribution in [1.82, 2.24) is 14.8 Å². The van der Waals surface area contributed by atoms with Gasteiger partial charge in [-0.1, -0.05) is 18.2 Å². The zero-order valence-electron chi connectivity index (χ0n) is 10.2. The van der Waals surface area contributed by atoms with Gasteiger partial charge in [0.05, 0.1) is 17.4 Å². The lowest BCUT2D eigenvalue weighted by atomic mass is 10.2. The van der Waals surface area contributed by atoms with Crippen molar-refractivity contribution in [3.8, 4) is 5.82 Å². The lowest BCUT2D eigenvalue weighted by molar-refractivity contribution is 0.0696. The second-order valence-electron chi connectivity index (χ2n) is 4.22. The summed E-state index contributed by atoms with van der Waals surface area (Å²) in [6.45, 7) is 1.72. The van der Waals surface area contributed by atoms with Crippen molar-refractivity contribution in [3.63, 3.8) is 0 Å². The number of benzene rings is 1. The molecule has 94 valence electrons. The Hall–Kier alpha value is -2.69. The maximum atomic E-state index is 11.0. The summed E-state index contributed by atoms with van der Waals surface area (Å²) >= 11 is 0.